The minimum absolute atomic E-state index is 0.101. The molecule has 0 unspecified atom stereocenters. The fourth-order valence-electron chi connectivity index (χ4n) is 2.17. The minimum atomic E-state index is -0.101. The number of carbonyl (C=O) groups is 1. The van der Waals surface area contributed by atoms with Crippen LogP contribution < -0.4 is 14.8 Å². The lowest BCUT2D eigenvalue weighted by molar-refractivity contribution is -0.113. The Balaban J connectivity index is 1.96. The lowest BCUT2D eigenvalue weighted by atomic mass is 10.1. The fraction of sp³-hybridized carbons (Fsp3) is 0.278. The topological polar surface area (TPSA) is 47.6 Å². The predicted molar refractivity (Wildman–Crippen MR) is 101 cm³/mol. The molecule has 6 heteroatoms. The Labute approximate surface area is 151 Å². The molecule has 0 aliphatic carbocycles. The zero-order valence-corrected chi connectivity index (χ0v) is 15.5. The molecule has 0 radical (unpaired) electrons. The van der Waals surface area contributed by atoms with E-state index in [0.717, 1.165) is 5.75 Å². The Morgan fingerprint density at radius 3 is 2.54 bits per heavy atom. The molecule has 0 aromatic heterocycles. The first-order valence-electron chi connectivity index (χ1n) is 7.38. The highest BCUT2D eigenvalue weighted by molar-refractivity contribution is 7.99. The predicted octanol–water partition coefficient (Wildman–Crippen LogP) is 4.54. The summed E-state index contributed by atoms with van der Waals surface area (Å²) in [5, 5.41) is 3.27. The first-order valence-corrected chi connectivity index (χ1v) is 8.92. The molecule has 2 aromatic carbocycles. The van der Waals surface area contributed by atoms with Crippen molar-refractivity contribution in [1.29, 1.82) is 0 Å². The normalized spacial score (nSPS) is 10.3. The highest BCUT2D eigenvalue weighted by Gasteiger charge is 2.12. The second-order valence-electron chi connectivity index (χ2n) is 5.15. The molecule has 0 saturated carbocycles. The Bertz CT molecular complexity index is 721. The van der Waals surface area contributed by atoms with Gasteiger partial charge in [-0.25, -0.2) is 0 Å². The zero-order valence-electron chi connectivity index (χ0n) is 13.9. The van der Waals surface area contributed by atoms with Crippen LogP contribution in [-0.2, 0) is 10.5 Å². The second-order valence-corrected chi connectivity index (χ2v) is 6.55. The maximum Gasteiger partial charge on any atom is 0.234 e. The van der Waals surface area contributed by atoms with Gasteiger partial charge in [-0.15, -0.1) is 11.8 Å². The van der Waals surface area contributed by atoms with Crippen LogP contribution in [0.15, 0.2) is 36.4 Å². The number of carbonyl (C=O) groups excluding carboxylic acids is 1. The minimum Gasteiger partial charge on any atom is -0.495 e. The molecule has 1 N–H and O–H groups in total. The molecule has 0 aliphatic rings. The first kappa shape index (κ1) is 18.5. The van der Waals surface area contributed by atoms with Crippen LogP contribution in [0, 0.1) is 6.92 Å². The molecule has 0 atom stereocenters. The Morgan fingerprint density at radius 2 is 1.88 bits per heavy atom. The maximum absolute atomic E-state index is 12.2. The van der Waals surface area contributed by atoms with Crippen molar-refractivity contribution < 1.29 is 14.3 Å². The van der Waals surface area contributed by atoms with Gasteiger partial charge in [-0.2, -0.15) is 0 Å². The third kappa shape index (κ3) is 4.82. The quantitative estimate of drug-likeness (QED) is 0.782. The monoisotopic (exact) mass is 365 g/mol. The number of hydrogen-bond donors (Lipinski definition) is 1. The molecule has 2 rings (SSSR count). The summed E-state index contributed by atoms with van der Waals surface area (Å²) in [5.41, 5.74) is 3.01. The lowest BCUT2D eigenvalue weighted by Crippen LogP contribution is -2.15. The highest BCUT2D eigenvalue weighted by Crippen LogP contribution is 2.35. The molecule has 128 valence electrons. The van der Waals surface area contributed by atoms with Gasteiger partial charge in [-0.1, -0.05) is 35.9 Å². The molecule has 0 saturated heterocycles. The number of halogens is 1. The van der Waals surface area contributed by atoms with Crippen molar-refractivity contribution in [2.45, 2.75) is 12.7 Å². The van der Waals surface area contributed by atoms with Gasteiger partial charge in [0, 0.05) is 17.9 Å². The van der Waals surface area contributed by atoms with Gasteiger partial charge in [0.25, 0.3) is 0 Å². The van der Waals surface area contributed by atoms with Crippen molar-refractivity contribution in [2.75, 3.05) is 25.3 Å². The van der Waals surface area contributed by atoms with Gasteiger partial charge < -0.3 is 14.8 Å². The highest BCUT2D eigenvalue weighted by atomic mass is 35.5. The molecular weight excluding hydrogens is 346 g/mol. The summed E-state index contributed by atoms with van der Waals surface area (Å²) in [5.74, 6) is 2.03. The van der Waals surface area contributed by atoms with E-state index in [1.807, 2.05) is 12.1 Å². The van der Waals surface area contributed by atoms with Gasteiger partial charge >= 0.3 is 0 Å². The van der Waals surface area contributed by atoms with Gasteiger partial charge in [0.1, 0.15) is 11.5 Å². The summed E-state index contributed by atoms with van der Waals surface area (Å²) in [7, 11) is 3.05. The average Bonchev–Trinajstić information content (AvgIpc) is 2.57. The molecule has 1 amide bonds. The number of amides is 1. The standard InChI is InChI=1S/C18H20ClNO3S/c1-12-6-4-5-7-13(12)10-24-11-18(21)20-15-9-16(22-2)14(19)8-17(15)23-3/h4-9H,10-11H2,1-3H3,(H,20,21). The fourth-order valence-corrected chi connectivity index (χ4v) is 3.30. The number of ether oxygens (including phenoxy) is 2. The number of aryl methyl sites for hydroxylation is 1. The van der Waals surface area contributed by atoms with Crippen molar-refractivity contribution in [3.05, 3.63) is 52.5 Å². The Hall–Kier alpha value is -1.85. The number of anilines is 1. The van der Waals surface area contributed by atoms with Crippen molar-refractivity contribution in [3.63, 3.8) is 0 Å². The van der Waals surface area contributed by atoms with E-state index in [9.17, 15) is 4.79 Å². The number of thioether (sulfide) groups is 1. The van der Waals surface area contributed by atoms with E-state index in [2.05, 4.69) is 24.4 Å². The van der Waals surface area contributed by atoms with Crippen LogP contribution in [0.1, 0.15) is 11.1 Å². The molecule has 0 spiro atoms. The lowest BCUT2D eigenvalue weighted by Gasteiger charge is -2.13. The van der Waals surface area contributed by atoms with E-state index in [0.29, 0.717) is 28.0 Å². The van der Waals surface area contributed by atoms with Crippen LogP contribution in [0.4, 0.5) is 5.69 Å². The number of rotatable bonds is 7. The van der Waals surface area contributed by atoms with E-state index in [-0.39, 0.29) is 5.91 Å². The van der Waals surface area contributed by atoms with Crippen molar-refractivity contribution in [2.24, 2.45) is 0 Å². The van der Waals surface area contributed by atoms with Gasteiger partial charge in [-0.3, -0.25) is 4.79 Å². The van der Waals surface area contributed by atoms with Crippen LogP contribution in [0.5, 0.6) is 11.5 Å². The van der Waals surface area contributed by atoms with Crippen molar-refractivity contribution in [1.82, 2.24) is 0 Å². The molecular formula is C18H20ClNO3S. The third-order valence-corrected chi connectivity index (χ3v) is 4.78. The van der Waals surface area contributed by atoms with Crippen molar-refractivity contribution >= 4 is 35.0 Å². The average molecular weight is 366 g/mol. The summed E-state index contributed by atoms with van der Waals surface area (Å²) in [6, 6.07) is 11.4. The summed E-state index contributed by atoms with van der Waals surface area (Å²) in [6.07, 6.45) is 0. The van der Waals surface area contributed by atoms with Gasteiger partial charge in [0.05, 0.1) is 30.7 Å². The van der Waals surface area contributed by atoms with Crippen LogP contribution in [-0.4, -0.2) is 25.9 Å². The number of nitrogens with one attached hydrogen (secondary N) is 1. The number of benzene rings is 2. The summed E-state index contributed by atoms with van der Waals surface area (Å²) < 4.78 is 10.4. The third-order valence-electron chi connectivity index (χ3n) is 3.50. The van der Waals surface area contributed by atoms with Gasteiger partial charge in [0.15, 0.2) is 0 Å². The smallest absolute Gasteiger partial charge is 0.234 e. The molecule has 0 aliphatic heterocycles. The van der Waals surface area contributed by atoms with Crippen molar-refractivity contribution in [3.8, 4) is 11.5 Å². The summed E-state index contributed by atoms with van der Waals surface area (Å²) in [4.78, 5) is 12.2. The number of hydrogen-bond acceptors (Lipinski definition) is 4. The molecule has 0 fully saturated rings. The molecule has 24 heavy (non-hydrogen) atoms. The second kappa shape index (κ2) is 8.85. The molecule has 0 heterocycles. The SMILES string of the molecule is COc1cc(NC(=O)CSCc2ccccc2C)c(OC)cc1Cl. The van der Waals surface area contributed by atoms with Crippen LogP contribution in [0.3, 0.4) is 0 Å². The Kier molecular flexibility index (Phi) is 6.82. The first-order chi connectivity index (χ1) is 11.5. The molecule has 0 bridgehead atoms. The zero-order chi connectivity index (χ0) is 17.5. The number of methoxy groups -OCH3 is 2. The van der Waals surface area contributed by atoms with E-state index >= 15 is 0 Å². The van der Waals surface area contributed by atoms with Gasteiger partial charge in [0.2, 0.25) is 5.91 Å². The van der Waals surface area contributed by atoms with Crippen LogP contribution >= 0.6 is 23.4 Å². The summed E-state index contributed by atoms with van der Waals surface area (Å²) >= 11 is 7.63. The van der Waals surface area contributed by atoms with Gasteiger partial charge in [-0.05, 0) is 18.1 Å². The van der Waals surface area contributed by atoms with E-state index < -0.39 is 0 Å². The van der Waals surface area contributed by atoms with E-state index in [4.69, 9.17) is 21.1 Å². The molecule has 2 aromatic rings. The van der Waals surface area contributed by atoms with E-state index in [1.54, 1.807) is 23.9 Å². The van der Waals surface area contributed by atoms with E-state index in [1.165, 1.54) is 25.3 Å². The summed E-state index contributed by atoms with van der Waals surface area (Å²) in [6.45, 7) is 2.07. The Morgan fingerprint density at radius 1 is 1.17 bits per heavy atom. The maximum atomic E-state index is 12.2. The molecule has 4 nitrogen and oxygen atoms in total. The van der Waals surface area contributed by atoms with Crippen LogP contribution in [0.25, 0.3) is 0 Å². The largest absolute Gasteiger partial charge is 0.495 e. The van der Waals surface area contributed by atoms with Crippen LogP contribution in [0.2, 0.25) is 5.02 Å².